The molecule has 2 aromatic rings. The summed E-state index contributed by atoms with van der Waals surface area (Å²) in [5.41, 5.74) is 5.98. The van der Waals surface area contributed by atoms with E-state index in [1.165, 1.54) is 261 Å². The van der Waals surface area contributed by atoms with E-state index in [0.717, 1.165) is 135 Å². The van der Waals surface area contributed by atoms with E-state index in [-0.39, 0.29) is 0 Å². The molecule has 0 aromatic heterocycles. The summed E-state index contributed by atoms with van der Waals surface area (Å²) in [5, 5.41) is 13.1. The van der Waals surface area contributed by atoms with Crippen LogP contribution in [0.15, 0.2) is 54.6 Å². The summed E-state index contributed by atoms with van der Waals surface area (Å²) in [4.78, 5) is 0. The van der Waals surface area contributed by atoms with Crippen molar-refractivity contribution in [2.45, 2.75) is 691 Å². The van der Waals surface area contributed by atoms with Crippen molar-refractivity contribution in [2.75, 3.05) is 65.6 Å². The van der Waals surface area contributed by atoms with E-state index in [1.807, 2.05) is 166 Å². The molecule has 18 rings (SSSR count). The van der Waals surface area contributed by atoms with Crippen molar-refractivity contribution in [1.29, 1.82) is 0 Å². The summed E-state index contributed by atoms with van der Waals surface area (Å²) in [6.07, 6.45) is 69.2. The third-order valence-corrected chi connectivity index (χ3v) is 19.7. The Labute approximate surface area is 959 Å². The van der Waals surface area contributed by atoms with Crippen molar-refractivity contribution >= 4 is 6.08 Å². The van der Waals surface area contributed by atoms with E-state index in [0.29, 0.717) is 0 Å². The molecule has 0 amide bonds. The zero-order valence-corrected chi connectivity index (χ0v) is 117. The van der Waals surface area contributed by atoms with Gasteiger partial charge in [-0.3, -0.25) is 0 Å². The van der Waals surface area contributed by atoms with Crippen LogP contribution in [0.4, 0.5) is 0 Å². The standard InChI is InChI=1S/C9H10.C9H8.C8H14.C7H12.C7H14.C6H13N.C6H12.C5H12N2.C5H11NO.2C5H10.C4H8.11C4H10.12C2H6/c2*1-2-5-9-7-3-6-8(9)4-1;1-2-8-5-3-7(1)4-6-8;1-2-6-4-7(3-1)5-6;2*1-2-4-6-7-5-3-1;1-5(2)6-3-4-6;1-2-6-4-5-7-3-1;1-2-6-3-5-7-4-1;2*1-2-4-5-3-1;1-2-4-3-1;11*1-4(2)3;12*1-2/h1-2,4-5H,3,6-7H2;1-6H,7H2;7-8H,1-6H2;6-7H,1-5H2;1-7H2;7H,1-6H2;5-6H,3-4H2,1-2H3;6-7H,1-5H2;6H,1-5H2;2*1-5H2;1-4H2;11*4H,1-3H3;12*1-2H3. The molecule has 2 aromatic carbocycles. The molecule has 16 aliphatic rings. The third kappa shape index (κ3) is 250. The summed E-state index contributed by atoms with van der Waals surface area (Å²) in [5.74, 6) is 15.9. The first-order chi connectivity index (χ1) is 71.2. The number of aryl methyl sites for hydroxylation is 2. The quantitative estimate of drug-likeness (QED) is 0.214. The first-order valence-corrected chi connectivity index (χ1v) is 67.4. The SMILES string of the molecule is C1=Cc2ccccc2C1.C1CC2CC(C1)C2.C1CC2CCC1CC2.C1CCC1.C1CCCC1.C1CCCC1.C1CCCCCC1.C1CCCNCC1.C1CNCCNC1.C1CNCCOC1.CC.CC.CC.CC.CC.CC.CC.CC.CC.CC.CC.CC.CC(C)C.CC(C)C.CC(C)C.CC(C)C.CC(C)C.CC(C)C.CC(C)C.CC(C)C.CC(C)C.CC(C)C.CC(C)C.CC(C)C1CC1.c1ccc2c(c1)CCC2. The normalized spacial score (nSPS) is 17.3. The third-order valence-electron chi connectivity index (χ3n) is 19.7. The van der Waals surface area contributed by atoms with Crippen molar-refractivity contribution in [3.05, 3.63) is 76.9 Å². The Morgan fingerprint density at radius 3 is 0.604 bits per heavy atom. The second kappa shape index (κ2) is 182. The number of benzene rings is 2. The van der Waals surface area contributed by atoms with Gasteiger partial charge in [0.05, 0.1) is 6.61 Å². The van der Waals surface area contributed by atoms with Gasteiger partial charge in [-0.2, -0.15) is 0 Å². The maximum Gasteiger partial charge on any atom is 0.0590 e. The van der Waals surface area contributed by atoms with Crippen LogP contribution in [0.25, 0.3) is 6.08 Å². The topological polar surface area (TPSA) is 57.3 Å². The smallest absolute Gasteiger partial charge is 0.0590 e. The van der Waals surface area contributed by atoms with Gasteiger partial charge in [0, 0.05) is 26.2 Å². The number of hydrogen-bond acceptors (Lipinski definition) is 5. The van der Waals surface area contributed by atoms with E-state index < -0.39 is 0 Å². The zero-order valence-electron chi connectivity index (χ0n) is 117. The summed E-state index contributed by atoms with van der Waals surface area (Å²) < 4.78 is 5.13. The van der Waals surface area contributed by atoms with Crippen molar-refractivity contribution in [3.63, 3.8) is 0 Å². The Morgan fingerprint density at radius 1 is 0.195 bits per heavy atom. The number of hydrogen-bond donors (Lipinski definition) is 4. The Balaban J connectivity index is -0.0000000695. The highest BCUT2D eigenvalue weighted by Crippen LogP contribution is 2.45. The molecule has 4 N–H and O–H groups in total. The van der Waals surface area contributed by atoms with Gasteiger partial charge in [-0.1, -0.05) is 675 Å². The van der Waals surface area contributed by atoms with Crippen LogP contribution in [-0.2, 0) is 24.0 Å². The maximum absolute atomic E-state index is 5.13. The van der Waals surface area contributed by atoms with Crippen molar-refractivity contribution in [3.8, 4) is 0 Å². The molecule has 0 unspecified atom stereocenters. The molecule has 3 saturated heterocycles. The van der Waals surface area contributed by atoms with Crippen molar-refractivity contribution < 1.29 is 4.74 Å². The molecule has 0 radical (unpaired) electrons. The Bertz CT molecular complexity index is 1890. The van der Waals surface area contributed by atoms with E-state index in [4.69, 9.17) is 4.74 Å². The minimum absolute atomic E-state index is 0.833. The highest BCUT2D eigenvalue weighted by molar-refractivity contribution is 5.59. The van der Waals surface area contributed by atoms with E-state index in [1.54, 1.807) is 75.3 Å². The van der Waals surface area contributed by atoms with Gasteiger partial charge < -0.3 is 26.0 Å². The molecule has 0 atom stereocenters. The molecular weight excluding hydrogens is 1800 g/mol. The fourth-order valence-corrected chi connectivity index (χ4v) is 13.5. The van der Waals surface area contributed by atoms with Gasteiger partial charge in [-0.25, -0.2) is 0 Å². The zero-order chi connectivity index (χ0) is 120. The molecule has 0 spiro atoms. The molecule has 3 heterocycles. The highest BCUT2D eigenvalue weighted by atomic mass is 16.5. The van der Waals surface area contributed by atoms with Crippen LogP contribution in [0.1, 0.15) is 694 Å². The van der Waals surface area contributed by atoms with Gasteiger partial charge >= 0.3 is 0 Å². The number of rotatable bonds is 1. The van der Waals surface area contributed by atoms with Gasteiger partial charge in [0.2, 0.25) is 0 Å². The number of fused-ring (bicyclic) bond motifs is 7. The molecule has 918 valence electrons. The predicted molar refractivity (Wildman–Crippen MR) is 719 cm³/mol. The van der Waals surface area contributed by atoms with Gasteiger partial charge in [0.15, 0.2) is 0 Å². The number of allylic oxidation sites excluding steroid dienone is 1. The fourth-order valence-electron chi connectivity index (χ4n) is 13.5. The van der Waals surface area contributed by atoms with Crippen molar-refractivity contribution in [1.82, 2.24) is 21.3 Å². The molecular formula is C144H316N4O. The molecule has 5 nitrogen and oxygen atoms in total. The minimum Gasteiger partial charge on any atom is -0.380 e. The molecule has 3 aliphatic heterocycles. The average Bonchev–Trinajstić information content (AvgIpc) is 1.81. The van der Waals surface area contributed by atoms with Crippen LogP contribution in [0.5, 0.6) is 0 Å². The first-order valence-electron chi connectivity index (χ1n) is 67.4. The molecule has 11 saturated carbocycles. The van der Waals surface area contributed by atoms with Crippen LogP contribution in [0.2, 0.25) is 0 Å². The fraction of sp³-hybridized carbons (Fsp3) is 0.903. The second-order valence-corrected chi connectivity index (χ2v) is 46.3. The van der Waals surface area contributed by atoms with Gasteiger partial charge in [0.1, 0.15) is 0 Å². The second-order valence-electron chi connectivity index (χ2n) is 46.3. The lowest BCUT2D eigenvalue weighted by atomic mass is 9.65. The van der Waals surface area contributed by atoms with E-state index in [9.17, 15) is 0 Å². The number of nitrogens with one attached hydrogen (secondary N) is 4. The lowest BCUT2D eigenvalue weighted by Crippen LogP contribution is -2.28. The molecule has 13 aliphatic carbocycles. The van der Waals surface area contributed by atoms with Crippen molar-refractivity contribution in [2.24, 2.45) is 101 Å². The van der Waals surface area contributed by atoms with Gasteiger partial charge in [0.25, 0.3) is 0 Å². The maximum atomic E-state index is 5.13. The Hall–Kier alpha value is -2.02. The van der Waals surface area contributed by atoms with Crippen LogP contribution < -0.4 is 21.3 Å². The minimum atomic E-state index is 0.833. The number of ether oxygens (including phenoxy) is 1. The molecule has 149 heavy (non-hydrogen) atoms. The molecule has 14 fully saturated rings. The average molecular weight is 2120 g/mol. The van der Waals surface area contributed by atoms with Gasteiger partial charge in [-0.05, 0) is 233 Å². The lowest BCUT2D eigenvalue weighted by molar-refractivity contribution is 0.116. The van der Waals surface area contributed by atoms with E-state index in [2.05, 4.69) is 324 Å². The molecule has 5 heteroatoms. The predicted octanol–water partition coefficient (Wildman–Crippen LogP) is 50.8. The van der Waals surface area contributed by atoms with Crippen LogP contribution in [0.3, 0.4) is 0 Å². The van der Waals surface area contributed by atoms with E-state index >= 15 is 0 Å². The summed E-state index contributed by atoms with van der Waals surface area (Å²) in [6, 6.07) is 17.2. The van der Waals surface area contributed by atoms with Crippen LogP contribution in [0, 0.1) is 101 Å². The van der Waals surface area contributed by atoms with Crippen LogP contribution >= 0.6 is 0 Å². The van der Waals surface area contributed by atoms with Crippen LogP contribution in [-0.4, -0.2) is 65.6 Å². The molecule has 4 bridgehead atoms. The summed E-state index contributed by atoms with van der Waals surface area (Å²) in [7, 11) is 0. The summed E-state index contributed by atoms with van der Waals surface area (Å²) in [6.45, 7) is 135. The first kappa shape index (κ1) is 191. The largest absolute Gasteiger partial charge is 0.380 e. The summed E-state index contributed by atoms with van der Waals surface area (Å²) >= 11 is 0. The highest BCUT2D eigenvalue weighted by Gasteiger charge is 2.32. The lowest BCUT2D eigenvalue weighted by Gasteiger charge is -2.40. The Morgan fingerprint density at radius 2 is 0.403 bits per heavy atom. The van der Waals surface area contributed by atoms with Gasteiger partial charge in [-0.15, -0.1) is 0 Å². The monoisotopic (exact) mass is 2120 g/mol. The Kier molecular flexibility index (Phi) is 233.